The van der Waals surface area contributed by atoms with E-state index in [0.29, 0.717) is 6.54 Å². The summed E-state index contributed by atoms with van der Waals surface area (Å²) < 4.78 is 15.4. The van der Waals surface area contributed by atoms with Gasteiger partial charge >= 0.3 is 0 Å². The Balaban J connectivity index is 4.40. The van der Waals surface area contributed by atoms with Crippen LogP contribution >= 0.6 is 7.59 Å². The standard InChI is InChI=1S/C6H18N3OP/c1-6-7-11(10,8(2)3)9(4)5/h6H2,1-5H3,(H,7,10). The summed E-state index contributed by atoms with van der Waals surface area (Å²) in [7, 11) is 4.79. The maximum Gasteiger partial charge on any atom is 0.283 e. The second-order valence-corrected chi connectivity index (χ2v) is 5.75. The molecule has 0 aliphatic carbocycles. The van der Waals surface area contributed by atoms with E-state index in [9.17, 15) is 4.57 Å². The normalized spacial score (nSPS) is 13.0. The van der Waals surface area contributed by atoms with Crippen LogP contribution in [0, 0.1) is 0 Å². The van der Waals surface area contributed by atoms with Gasteiger partial charge in [-0.25, -0.2) is 14.4 Å². The lowest BCUT2D eigenvalue weighted by Crippen LogP contribution is -2.30. The molecule has 0 aliphatic rings. The molecular formula is C6H18N3OP. The molecule has 0 rings (SSSR count). The van der Waals surface area contributed by atoms with Gasteiger partial charge in [0.25, 0.3) is 7.59 Å². The van der Waals surface area contributed by atoms with Gasteiger partial charge in [-0.05, 0) is 28.2 Å². The lowest BCUT2D eigenvalue weighted by atomic mass is 10.8. The van der Waals surface area contributed by atoms with Crippen LogP contribution in [0.15, 0.2) is 0 Å². The van der Waals surface area contributed by atoms with Gasteiger partial charge in [0.05, 0.1) is 0 Å². The molecule has 1 N–H and O–H groups in total. The Morgan fingerprint density at radius 3 is 1.64 bits per heavy atom. The number of rotatable bonds is 4. The third-order valence-corrected chi connectivity index (χ3v) is 4.35. The first kappa shape index (κ1) is 11.1. The molecule has 0 saturated carbocycles. The second-order valence-electron chi connectivity index (χ2n) is 2.75. The zero-order valence-electron chi connectivity index (χ0n) is 7.96. The Hall–Kier alpha value is 0.110. The van der Waals surface area contributed by atoms with Crippen LogP contribution in [0.1, 0.15) is 6.92 Å². The molecule has 68 valence electrons. The predicted molar refractivity (Wildman–Crippen MR) is 48.7 cm³/mol. The van der Waals surface area contributed by atoms with Gasteiger partial charge in [0.2, 0.25) is 0 Å². The monoisotopic (exact) mass is 179 g/mol. The van der Waals surface area contributed by atoms with Gasteiger partial charge in [-0.15, -0.1) is 0 Å². The Morgan fingerprint density at radius 2 is 1.55 bits per heavy atom. The Morgan fingerprint density at radius 1 is 1.18 bits per heavy atom. The highest BCUT2D eigenvalue weighted by Gasteiger charge is 2.25. The van der Waals surface area contributed by atoms with Crippen LogP contribution in [0.25, 0.3) is 0 Å². The Kier molecular flexibility index (Phi) is 4.26. The molecule has 4 nitrogen and oxygen atoms in total. The van der Waals surface area contributed by atoms with E-state index in [0.717, 1.165) is 0 Å². The van der Waals surface area contributed by atoms with Crippen molar-refractivity contribution in [2.75, 3.05) is 34.7 Å². The van der Waals surface area contributed by atoms with E-state index in [4.69, 9.17) is 0 Å². The Bertz CT molecular complexity index is 146. The molecule has 0 heterocycles. The van der Waals surface area contributed by atoms with Crippen molar-refractivity contribution in [3.63, 3.8) is 0 Å². The van der Waals surface area contributed by atoms with Crippen LogP contribution in [0.4, 0.5) is 0 Å². The molecule has 0 aromatic heterocycles. The summed E-state index contributed by atoms with van der Waals surface area (Å²) in [5, 5.41) is 2.97. The van der Waals surface area contributed by atoms with Crippen molar-refractivity contribution in [3.05, 3.63) is 0 Å². The quantitative estimate of drug-likeness (QED) is 0.648. The highest BCUT2D eigenvalue weighted by molar-refractivity contribution is 7.56. The summed E-state index contributed by atoms with van der Waals surface area (Å²) in [6.07, 6.45) is 0. The number of nitrogens with zero attached hydrogens (tertiary/aromatic N) is 2. The first-order valence-corrected chi connectivity index (χ1v) is 5.27. The van der Waals surface area contributed by atoms with Gasteiger partial charge in [0.1, 0.15) is 0 Å². The van der Waals surface area contributed by atoms with Crippen LogP contribution < -0.4 is 5.09 Å². The van der Waals surface area contributed by atoms with Gasteiger partial charge in [-0.1, -0.05) is 6.92 Å². The SMILES string of the molecule is CCNP(=O)(N(C)C)N(C)C. The average molecular weight is 179 g/mol. The molecule has 0 radical (unpaired) electrons. The van der Waals surface area contributed by atoms with Crippen molar-refractivity contribution >= 4 is 7.59 Å². The zero-order valence-corrected chi connectivity index (χ0v) is 8.85. The van der Waals surface area contributed by atoms with Crippen molar-refractivity contribution in [1.82, 2.24) is 14.4 Å². The number of nitrogens with one attached hydrogen (secondary N) is 1. The molecule has 0 amide bonds. The van der Waals surface area contributed by atoms with E-state index in [1.54, 1.807) is 9.34 Å². The third kappa shape index (κ3) is 2.56. The molecule has 0 fully saturated rings. The smallest absolute Gasteiger partial charge is 0.271 e. The summed E-state index contributed by atoms with van der Waals surface area (Å²) >= 11 is 0. The zero-order chi connectivity index (χ0) is 9.07. The van der Waals surface area contributed by atoms with E-state index < -0.39 is 7.59 Å². The van der Waals surface area contributed by atoms with E-state index >= 15 is 0 Å². The fraction of sp³-hybridized carbons (Fsp3) is 1.00. The minimum absolute atomic E-state index is 0.716. The lowest BCUT2D eigenvalue weighted by molar-refractivity contribution is 0.434. The molecule has 0 bridgehead atoms. The molecule has 5 heteroatoms. The topological polar surface area (TPSA) is 35.6 Å². The highest BCUT2D eigenvalue weighted by atomic mass is 31.2. The van der Waals surface area contributed by atoms with Crippen molar-refractivity contribution in [2.45, 2.75) is 6.92 Å². The maximum absolute atomic E-state index is 12.0. The predicted octanol–water partition coefficient (Wildman–Crippen LogP) is 0.827. The fourth-order valence-electron chi connectivity index (χ4n) is 0.847. The summed E-state index contributed by atoms with van der Waals surface area (Å²) in [5.41, 5.74) is 0. The first-order valence-electron chi connectivity index (χ1n) is 3.66. The molecule has 11 heavy (non-hydrogen) atoms. The summed E-state index contributed by atoms with van der Waals surface area (Å²) in [6.45, 7) is 2.66. The van der Waals surface area contributed by atoms with E-state index in [2.05, 4.69) is 5.09 Å². The van der Waals surface area contributed by atoms with E-state index in [1.165, 1.54) is 0 Å². The minimum atomic E-state index is -2.45. The molecule has 0 unspecified atom stereocenters. The van der Waals surface area contributed by atoms with Crippen LogP contribution in [-0.2, 0) is 4.57 Å². The minimum Gasteiger partial charge on any atom is -0.271 e. The van der Waals surface area contributed by atoms with Gasteiger partial charge < -0.3 is 0 Å². The average Bonchev–Trinajstić information content (AvgIpc) is 1.87. The summed E-state index contributed by atoms with van der Waals surface area (Å²) in [4.78, 5) is 0. The second kappa shape index (κ2) is 4.21. The van der Waals surface area contributed by atoms with Crippen molar-refractivity contribution in [1.29, 1.82) is 0 Å². The van der Waals surface area contributed by atoms with Gasteiger partial charge in [-0.3, -0.25) is 4.57 Å². The van der Waals surface area contributed by atoms with E-state index in [1.807, 2.05) is 35.1 Å². The van der Waals surface area contributed by atoms with Crippen LogP contribution in [0.3, 0.4) is 0 Å². The molecule has 0 aliphatic heterocycles. The molecule has 0 atom stereocenters. The number of hydrogen-bond acceptors (Lipinski definition) is 1. The molecular weight excluding hydrogens is 161 g/mol. The lowest BCUT2D eigenvalue weighted by Gasteiger charge is -2.30. The van der Waals surface area contributed by atoms with Crippen LogP contribution in [0.5, 0.6) is 0 Å². The van der Waals surface area contributed by atoms with Crippen LogP contribution in [0.2, 0.25) is 0 Å². The van der Waals surface area contributed by atoms with Gasteiger partial charge in [0.15, 0.2) is 0 Å². The van der Waals surface area contributed by atoms with E-state index in [-0.39, 0.29) is 0 Å². The molecule has 0 saturated heterocycles. The van der Waals surface area contributed by atoms with Gasteiger partial charge in [0, 0.05) is 6.54 Å². The third-order valence-electron chi connectivity index (χ3n) is 1.45. The largest absolute Gasteiger partial charge is 0.283 e. The molecule has 0 aromatic rings. The molecule has 0 aromatic carbocycles. The van der Waals surface area contributed by atoms with Crippen molar-refractivity contribution in [3.8, 4) is 0 Å². The Labute approximate surface area is 69.1 Å². The van der Waals surface area contributed by atoms with Crippen molar-refractivity contribution < 1.29 is 4.57 Å². The summed E-state index contributed by atoms with van der Waals surface area (Å²) in [6, 6.07) is 0. The van der Waals surface area contributed by atoms with Crippen molar-refractivity contribution in [2.24, 2.45) is 0 Å². The first-order chi connectivity index (χ1) is 4.95. The maximum atomic E-state index is 12.0. The molecule has 0 spiro atoms. The van der Waals surface area contributed by atoms with Gasteiger partial charge in [-0.2, -0.15) is 0 Å². The number of hydrogen-bond donors (Lipinski definition) is 1. The van der Waals surface area contributed by atoms with Crippen LogP contribution in [-0.4, -0.2) is 44.1 Å². The highest BCUT2D eigenvalue weighted by Crippen LogP contribution is 2.44. The summed E-state index contributed by atoms with van der Waals surface area (Å²) in [5.74, 6) is 0. The fourth-order valence-corrected chi connectivity index (χ4v) is 2.54.